The third kappa shape index (κ3) is 2.31. The van der Waals surface area contributed by atoms with E-state index in [1.165, 1.54) is 11.3 Å². The molecule has 2 aromatic heterocycles. The lowest BCUT2D eigenvalue weighted by Crippen LogP contribution is -2.10. The first-order chi connectivity index (χ1) is 9.15. The van der Waals surface area contributed by atoms with Crippen LogP contribution in [0, 0.1) is 6.92 Å². The normalized spacial score (nSPS) is 10.8. The fraction of sp³-hybridized carbons (Fsp3) is 0.0714. The predicted octanol–water partition coefficient (Wildman–Crippen LogP) is 4.55. The van der Waals surface area contributed by atoms with Crippen LogP contribution in [0.3, 0.4) is 0 Å². The molecular formula is C14H11BrN2OS. The maximum atomic E-state index is 12.1. The van der Waals surface area contributed by atoms with Crippen molar-refractivity contribution >= 4 is 49.8 Å². The zero-order valence-electron chi connectivity index (χ0n) is 10.2. The predicted molar refractivity (Wildman–Crippen MR) is 83.0 cm³/mol. The first kappa shape index (κ1) is 12.4. The van der Waals surface area contributed by atoms with Crippen molar-refractivity contribution in [3.05, 3.63) is 50.8 Å². The van der Waals surface area contributed by atoms with Crippen molar-refractivity contribution in [3.63, 3.8) is 0 Å². The molecule has 5 heteroatoms. The maximum absolute atomic E-state index is 12.1. The molecule has 0 saturated carbocycles. The molecule has 0 bridgehead atoms. The molecule has 0 aliphatic carbocycles. The second kappa shape index (κ2) is 4.83. The van der Waals surface area contributed by atoms with Gasteiger partial charge in [0.05, 0.1) is 10.6 Å². The van der Waals surface area contributed by atoms with Gasteiger partial charge in [-0.2, -0.15) is 0 Å². The number of fused-ring (bicyclic) bond motifs is 1. The van der Waals surface area contributed by atoms with Gasteiger partial charge in [-0.1, -0.05) is 22.0 Å². The summed E-state index contributed by atoms with van der Waals surface area (Å²) in [6, 6.07) is 9.66. The van der Waals surface area contributed by atoms with Crippen LogP contribution in [-0.2, 0) is 0 Å². The van der Waals surface area contributed by atoms with Gasteiger partial charge in [0.1, 0.15) is 0 Å². The highest BCUT2D eigenvalue weighted by Gasteiger charge is 2.13. The van der Waals surface area contributed by atoms with Crippen molar-refractivity contribution < 1.29 is 4.79 Å². The minimum absolute atomic E-state index is 0.0704. The van der Waals surface area contributed by atoms with Gasteiger partial charge in [0, 0.05) is 21.1 Å². The number of hydrogen-bond acceptors (Lipinski definition) is 2. The Hall–Kier alpha value is -1.59. The topological polar surface area (TPSA) is 44.9 Å². The summed E-state index contributed by atoms with van der Waals surface area (Å²) >= 11 is 4.89. The van der Waals surface area contributed by atoms with Crippen molar-refractivity contribution in [1.82, 2.24) is 4.98 Å². The summed E-state index contributed by atoms with van der Waals surface area (Å²) in [5.74, 6) is -0.0704. The van der Waals surface area contributed by atoms with Crippen LogP contribution in [0.15, 0.2) is 40.2 Å². The van der Waals surface area contributed by atoms with E-state index in [1.807, 2.05) is 42.6 Å². The summed E-state index contributed by atoms with van der Waals surface area (Å²) in [5, 5.41) is 5.89. The summed E-state index contributed by atoms with van der Waals surface area (Å²) in [5.41, 5.74) is 2.81. The quantitative estimate of drug-likeness (QED) is 0.709. The minimum Gasteiger partial charge on any atom is -0.357 e. The van der Waals surface area contributed by atoms with Crippen molar-refractivity contribution in [2.45, 2.75) is 6.92 Å². The number of aromatic amines is 1. The number of nitrogens with one attached hydrogen (secondary N) is 2. The van der Waals surface area contributed by atoms with Gasteiger partial charge in [0.2, 0.25) is 0 Å². The maximum Gasteiger partial charge on any atom is 0.265 e. The summed E-state index contributed by atoms with van der Waals surface area (Å²) < 4.78 is 0.991. The number of anilines is 1. The Bertz CT molecular complexity index is 746. The number of thiophene rings is 1. The molecule has 0 aliphatic rings. The Labute approximate surface area is 122 Å². The lowest BCUT2D eigenvalue weighted by Gasteiger charge is -2.03. The van der Waals surface area contributed by atoms with Crippen LogP contribution in [-0.4, -0.2) is 10.9 Å². The zero-order valence-corrected chi connectivity index (χ0v) is 12.6. The first-order valence-corrected chi connectivity index (χ1v) is 7.45. The highest BCUT2D eigenvalue weighted by molar-refractivity contribution is 9.10. The smallest absolute Gasteiger partial charge is 0.265 e. The molecule has 2 heterocycles. The molecule has 1 aromatic carbocycles. The van der Waals surface area contributed by atoms with Gasteiger partial charge in [-0.25, -0.2) is 0 Å². The Kier molecular flexibility index (Phi) is 3.16. The van der Waals surface area contributed by atoms with E-state index in [4.69, 9.17) is 0 Å². The standard InChI is InChI=1S/C14H11BrN2OS/c1-8-13(17-14(18)12-3-2-6-19-12)10-7-9(15)4-5-11(10)16-8/h2-7,16H,1H3,(H,17,18). The molecule has 0 unspecified atom stereocenters. The molecule has 0 aliphatic heterocycles. The van der Waals surface area contributed by atoms with E-state index in [2.05, 4.69) is 26.2 Å². The Morgan fingerprint density at radius 1 is 1.37 bits per heavy atom. The number of carbonyl (C=O) groups excluding carboxylic acids is 1. The monoisotopic (exact) mass is 334 g/mol. The SMILES string of the molecule is Cc1[nH]c2ccc(Br)cc2c1NC(=O)c1cccs1. The van der Waals surface area contributed by atoms with Gasteiger partial charge in [0.25, 0.3) is 5.91 Å². The van der Waals surface area contributed by atoms with Crippen LogP contribution >= 0.6 is 27.3 Å². The molecule has 0 saturated heterocycles. The van der Waals surface area contributed by atoms with Gasteiger partial charge in [-0.3, -0.25) is 4.79 Å². The molecule has 3 nitrogen and oxygen atoms in total. The van der Waals surface area contributed by atoms with E-state index in [9.17, 15) is 4.79 Å². The van der Waals surface area contributed by atoms with Crippen molar-refractivity contribution in [2.75, 3.05) is 5.32 Å². The van der Waals surface area contributed by atoms with E-state index < -0.39 is 0 Å². The van der Waals surface area contributed by atoms with Crippen LogP contribution in [0.1, 0.15) is 15.4 Å². The van der Waals surface area contributed by atoms with Crippen LogP contribution in [0.2, 0.25) is 0 Å². The van der Waals surface area contributed by atoms with Crippen LogP contribution in [0.5, 0.6) is 0 Å². The lowest BCUT2D eigenvalue weighted by molar-refractivity contribution is 0.103. The molecule has 2 N–H and O–H groups in total. The van der Waals surface area contributed by atoms with E-state index in [0.29, 0.717) is 4.88 Å². The largest absolute Gasteiger partial charge is 0.357 e. The number of hydrogen-bond donors (Lipinski definition) is 2. The average Bonchev–Trinajstić information content (AvgIpc) is 2.99. The van der Waals surface area contributed by atoms with Gasteiger partial charge >= 0.3 is 0 Å². The van der Waals surface area contributed by atoms with E-state index >= 15 is 0 Å². The van der Waals surface area contributed by atoms with Crippen LogP contribution < -0.4 is 5.32 Å². The molecular weight excluding hydrogens is 324 g/mol. The van der Waals surface area contributed by atoms with Crippen LogP contribution in [0.4, 0.5) is 5.69 Å². The summed E-state index contributed by atoms with van der Waals surface area (Å²) in [6.45, 7) is 1.96. The fourth-order valence-electron chi connectivity index (χ4n) is 2.04. The van der Waals surface area contributed by atoms with Crippen molar-refractivity contribution in [3.8, 4) is 0 Å². The third-order valence-corrected chi connectivity index (χ3v) is 4.29. The molecule has 3 rings (SSSR count). The number of benzene rings is 1. The van der Waals surface area contributed by atoms with Gasteiger partial charge in [0.15, 0.2) is 0 Å². The molecule has 96 valence electrons. The zero-order chi connectivity index (χ0) is 13.4. The number of aromatic nitrogens is 1. The summed E-state index contributed by atoms with van der Waals surface area (Å²) in [6.07, 6.45) is 0. The van der Waals surface area contributed by atoms with Gasteiger partial charge in [-0.15, -0.1) is 11.3 Å². The third-order valence-electron chi connectivity index (χ3n) is 2.93. The van der Waals surface area contributed by atoms with Crippen molar-refractivity contribution in [2.24, 2.45) is 0 Å². The molecule has 3 aromatic rings. The fourth-order valence-corrected chi connectivity index (χ4v) is 3.02. The molecule has 0 fully saturated rings. The highest BCUT2D eigenvalue weighted by atomic mass is 79.9. The molecule has 0 spiro atoms. The Balaban J connectivity index is 2.03. The molecule has 1 amide bonds. The number of halogens is 1. The first-order valence-electron chi connectivity index (χ1n) is 5.78. The lowest BCUT2D eigenvalue weighted by atomic mass is 10.2. The highest BCUT2D eigenvalue weighted by Crippen LogP contribution is 2.30. The van der Waals surface area contributed by atoms with E-state index in [-0.39, 0.29) is 5.91 Å². The summed E-state index contributed by atoms with van der Waals surface area (Å²) in [7, 11) is 0. The minimum atomic E-state index is -0.0704. The Morgan fingerprint density at radius 3 is 2.95 bits per heavy atom. The Morgan fingerprint density at radius 2 is 2.21 bits per heavy atom. The van der Waals surface area contributed by atoms with E-state index in [0.717, 1.165) is 26.8 Å². The molecule has 0 radical (unpaired) electrons. The number of amides is 1. The van der Waals surface area contributed by atoms with Crippen molar-refractivity contribution in [1.29, 1.82) is 0 Å². The van der Waals surface area contributed by atoms with Gasteiger partial charge < -0.3 is 10.3 Å². The number of aryl methyl sites for hydroxylation is 1. The van der Waals surface area contributed by atoms with E-state index in [1.54, 1.807) is 0 Å². The number of rotatable bonds is 2. The second-order valence-electron chi connectivity index (χ2n) is 4.25. The second-order valence-corrected chi connectivity index (χ2v) is 6.11. The van der Waals surface area contributed by atoms with Crippen LogP contribution in [0.25, 0.3) is 10.9 Å². The molecule has 0 atom stereocenters. The number of H-pyrrole nitrogens is 1. The molecule has 19 heavy (non-hydrogen) atoms. The average molecular weight is 335 g/mol. The van der Waals surface area contributed by atoms with Gasteiger partial charge in [-0.05, 0) is 36.6 Å². The summed E-state index contributed by atoms with van der Waals surface area (Å²) in [4.78, 5) is 16.1. The number of carbonyl (C=O) groups is 1.